The Balaban J connectivity index is 1.92. The molecule has 0 aliphatic carbocycles. The lowest BCUT2D eigenvalue weighted by molar-refractivity contribution is -0.154. The average Bonchev–Trinajstić information content (AvgIpc) is 3.47. The Morgan fingerprint density at radius 2 is 1.86 bits per heavy atom. The van der Waals surface area contributed by atoms with E-state index in [1.54, 1.807) is 26.9 Å². The lowest BCUT2D eigenvalue weighted by Gasteiger charge is -2.40. The Kier molecular flexibility index (Phi) is 9.62. The number of anilines is 1. The van der Waals surface area contributed by atoms with Crippen molar-refractivity contribution in [2.75, 3.05) is 31.1 Å². The van der Waals surface area contributed by atoms with Gasteiger partial charge in [-0.05, 0) is 69.1 Å². The maximum absolute atomic E-state index is 15.0. The molecule has 3 aliphatic heterocycles. The van der Waals surface area contributed by atoms with Crippen LogP contribution in [-0.4, -0.2) is 82.2 Å². The molecule has 1 aromatic rings. The van der Waals surface area contributed by atoms with Crippen LogP contribution in [0.5, 0.6) is 0 Å². The van der Waals surface area contributed by atoms with Crippen LogP contribution in [0.25, 0.3) is 0 Å². The number of aryl methyl sites for hydroxylation is 2. The summed E-state index contributed by atoms with van der Waals surface area (Å²) in [6.45, 7) is 22.7. The quantitative estimate of drug-likeness (QED) is 0.336. The van der Waals surface area contributed by atoms with Crippen molar-refractivity contribution in [1.29, 1.82) is 0 Å². The predicted octanol–water partition coefficient (Wildman–Crippen LogP) is 4.66. The zero-order chi connectivity index (χ0) is 31.9. The van der Waals surface area contributed by atoms with Crippen molar-refractivity contribution in [1.82, 2.24) is 9.80 Å². The van der Waals surface area contributed by atoms with Gasteiger partial charge >= 0.3 is 0 Å². The van der Waals surface area contributed by atoms with Gasteiger partial charge in [0.15, 0.2) is 0 Å². The van der Waals surface area contributed by atoms with E-state index in [2.05, 4.69) is 20.1 Å². The minimum atomic E-state index is -1.20. The Morgan fingerprint density at radius 3 is 2.44 bits per heavy atom. The number of likely N-dealkylation sites (tertiary alicyclic amines) is 1. The molecule has 43 heavy (non-hydrogen) atoms. The summed E-state index contributed by atoms with van der Waals surface area (Å²) in [6.07, 6.45) is 5.16. The number of rotatable bonds is 13. The molecule has 0 saturated carbocycles. The first-order valence-electron chi connectivity index (χ1n) is 15.8. The molecule has 8 heteroatoms. The first kappa shape index (κ1) is 32.9. The second-order valence-corrected chi connectivity index (χ2v) is 13.5. The zero-order valence-corrected chi connectivity index (χ0v) is 27.1. The molecule has 0 aromatic heterocycles. The zero-order valence-electron chi connectivity index (χ0n) is 27.1. The SMILES string of the molecule is C=CCN(CCC)C(=O)[C@H]1[C@H]2C(=O)N([C@@H](CO)CC(C)C)C(C(=O)N(CC=C)c3cc(C)ccc3C)C23CC(C)[C@]1(C)O3. The standard InChI is InChI=1S/C35H51N3O5/c1-10-15-36(16-11-2)31(40)28-29-32(41)38(26(21-39)18-22(4)5)30(35(29)20-25(8)34(28,9)43-35)33(42)37(17-12-3)27-19-23(6)13-14-24(27)7/h10,12-14,19,22,25-26,28-30,39H,1,3,11,15-18,20-21H2,2,4-9H3/t25?,26-,28-,29+,30?,34+,35?/m1/s1. The van der Waals surface area contributed by atoms with Crippen molar-refractivity contribution in [3.8, 4) is 0 Å². The number of hydrogen-bond donors (Lipinski definition) is 1. The van der Waals surface area contributed by atoms with Crippen LogP contribution in [0.3, 0.4) is 0 Å². The fourth-order valence-corrected chi connectivity index (χ4v) is 8.05. The molecule has 3 aliphatic rings. The highest BCUT2D eigenvalue weighted by Gasteiger charge is 2.80. The van der Waals surface area contributed by atoms with E-state index in [1.807, 2.05) is 59.7 Å². The van der Waals surface area contributed by atoms with E-state index in [0.29, 0.717) is 25.9 Å². The van der Waals surface area contributed by atoms with Gasteiger partial charge in [0.25, 0.3) is 5.91 Å². The Morgan fingerprint density at radius 1 is 1.19 bits per heavy atom. The number of aliphatic hydroxyl groups excluding tert-OH is 1. The van der Waals surface area contributed by atoms with Crippen molar-refractivity contribution in [2.45, 2.75) is 91.0 Å². The van der Waals surface area contributed by atoms with Crippen molar-refractivity contribution in [2.24, 2.45) is 23.7 Å². The van der Waals surface area contributed by atoms with E-state index in [4.69, 9.17) is 4.74 Å². The van der Waals surface area contributed by atoms with Gasteiger partial charge in [0.1, 0.15) is 11.6 Å². The van der Waals surface area contributed by atoms with Crippen LogP contribution in [-0.2, 0) is 19.1 Å². The Labute approximate surface area is 257 Å². The van der Waals surface area contributed by atoms with Crippen molar-refractivity contribution in [3.05, 3.63) is 54.6 Å². The fourth-order valence-electron chi connectivity index (χ4n) is 8.05. The lowest BCUT2D eigenvalue weighted by Crippen LogP contribution is -2.59. The molecule has 4 rings (SSSR count). The maximum atomic E-state index is 15.0. The summed E-state index contributed by atoms with van der Waals surface area (Å²) in [7, 11) is 0. The number of nitrogens with zero attached hydrogens (tertiary/aromatic N) is 3. The number of amides is 3. The third-order valence-electron chi connectivity index (χ3n) is 9.99. The smallest absolute Gasteiger partial charge is 0.253 e. The number of aliphatic hydroxyl groups is 1. The molecule has 3 heterocycles. The minimum Gasteiger partial charge on any atom is -0.394 e. The van der Waals surface area contributed by atoms with Crippen LogP contribution in [0, 0.1) is 37.5 Å². The molecule has 1 aromatic carbocycles. The van der Waals surface area contributed by atoms with Crippen LogP contribution in [0.1, 0.15) is 65.0 Å². The van der Waals surface area contributed by atoms with Gasteiger partial charge in [0.2, 0.25) is 11.8 Å². The van der Waals surface area contributed by atoms with Crippen molar-refractivity contribution >= 4 is 23.4 Å². The van der Waals surface area contributed by atoms with Crippen LogP contribution in [0.4, 0.5) is 5.69 Å². The molecule has 236 valence electrons. The molecule has 3 saturated heterocycles. The van der Waals surface area contributed by atoms with Gasteiger partial charge in [-0.2, -0.15) is 0 Å². The van der Waals surface area contributed by atoms with E-state index < -0.39 is 35.1 Å². The molecule has 3 fully saturated rings. The number of carbonyl (C=O) groups excluding carboxylic acids is 3. The van der Waals surface area contributed by atoms with Crippen LogP contribution in [0.2, 0.25) is 0 Å². The second-order valence-electron chi connectivity index (χ2n) is 13.5. The van der Waals surface area contributed by atoms with Gasteiger partial charge < -0.3 is 24.5 Å². The number of ether oxygens (including phenoxy) is 1. The Hall–Kier alpha value is -2.97. The van der Waals surface area contributed by atoms with Crippen LogP contribution in [0.15, 0.2) is 43.5 Å². The van der Waals surface area contributed by atoms with Gasteiger partial charge in [-0.15, -0.1) is 13.2 Å². The monoisotopic (exact) mass is 593 g/mol. The van der Waals surface area contributed by atoms with Gasteiger partial charge in [-0.1, -0.05) is 52.0 Å². The lowest BCUT2D eigenvalue weighted by atomic mass is 9.62. The summed E-state index contributed by atoms with van der Waals surface area (Å²) in [5, 5.41) is 10.7. The summed E-state index contributed by atoms with van der Waals surface area (Å²) in [5.41, 5.74) is 0.576. The number of benzene rings is 1. The number of fused-ring (bicyclic) bond motifs is 1. The highest BCUT2D eigenvalue weighted by Crippen LogP contribution is 2.66. The molecule has 1 N–H and O–H groups in total. The molecule has 3 unspecified atom stereocenters. The van der Waals surface area contributed by atoms with E-state index in [0.717, 1.165) is 23.2 Å². The molecule has 2 bridgehead atoms. The minimum absolute atomic E-state index is 0.0702. The van der Waals surface area contributed by atoms with E-state index in [1.165, 1.54) is 0 Å². The molecule has 8 nitrogen and oxygen atoms in total. The molecular weight excluding hydrogens is 542 g/mol. The summed E-state index contributed by atoms with van der Waals surface area (Å²) >= 11 is 0. The molecule has 3 amide bonds. The topological polar surface area (TPSA) is 90.4 Å². The van der Waals surface area contributed by atoms with Gasteiger partial charge in [0.05, 0.1) is 30.1 Å². The highest BCUT2D eigenvalue weighted by atomic mass is 16.5. The van der Waals surface area contributed by atoms with Gasteiger partial charge in [-0.3, -0.25) is 14.4 Å². The van der Waals surface area contributed by atoms with E-state index in [-0.39, 0.29) is 42.7 Å². The third kappa shape index (κ3) is 5.35. The molecular formula is C35H51N3O5. The van der Waals surface area contributed by atoms with Crippen molar-refractivity contribution < 1.29 is 24.2 Å². The first-order chi connectivity index (χ1) is 20.3. The van der Waals surface area contributed by atoms with E-state index in [9.17, 15) is 14.7 Å². The molecule has 0 radical (unpaired) electrons. The summed E-state index contributed by atoms with van der Waals surface area (Å²) in [5.74, 6) is -2.16. The average molecular weight is 594 g/mol. The Bertz CT molecular complexity index is 1260. The van der Waals surface area contributed by atoms with Gasteiger partial charge in [0, 0.05) is 25.3 Å². The first-order valence-corrected chi connectivity index (χ1v) is 15.8. The summed E-state index contributed by atoms with van der Waals surface area (Å²) in [6, 6.07) is 4.38. The number of hydrogen-bond acceptors (Lipinski definition) is 5. The van der Waals surface area contributed by atoms with Crippen LogP contribution < -0.4 is 4.90 Å². The van der Waals surface area contributed by atoms with Crippen molar-refractivity contribution in [3.63, 3.8) is 0 Å². The van der Waals surface area contributed by atoms with Crippen LogP contribution >= 0.6 is 0 Å². The fraction of sp³-hybridized carbons (Fsp3) is 0.629. The second kappa shape index (κ2) is 12.6. The highest BCUT2D eigenvalue weighted by molar-refractivity contribution is 6.05. The largest absolute Gasteiger partial charge is 0.394 e. The predicted molar refractivity (Wildman–Crippen MR) is 169 cm³/mol. The maximum Gasteiger partial charge on any atom is 0.253 e. The third-order valence-corrected chi connectivity index (χ3v) is 9.99. The molecule has 1 spiro atoms. The number of carbonyl (C=O) groups is 3. The van der Waals surface area contributed by atoms with E-state index >= 15 is 4.79 Å². The molecule has 7 atom stereocenters. The normalized spacial score (nSPS) is 30.0. The summed E-state index contributed by atoms with van der Waals surface area (Å²) in [4.78, 5) is 49.2. The van der Waals surface area contributed by atoms with Gasteiger partial charge in [-0.25, -0.2) is 0 Å². The summed E-state index contributed by atoms with van der Waals surface area (Å²) < 4.78 is 6.99.